The van der Waals surface area contributed by atoms with Gasteiger partial charge in [-0.05, 0) is 44.4 Å². The Kier molecular flexibility index (Phi) is 3.79. The average Bonchev–Trinajstić information content (AvgIpc) is 2.38. The van der Waals surface area contributed by atoms with Crippen molar-refractivity contribution in [2.75, 3.05) is 0 Å². The average molecular weight is 275 g/mol. The van der Waals surface area contributed by atoms with Crippen LogP contribution in [0.5, 0.6) is 0 Å². The maximum Gasteiger partial charge on any atom is 0.248 e. The highest BCUT2D eigenvalue weighted by Crippen LogP contribution is 2.22. The van der Waals surface area contributed by atoms with Crippen molar-refractivity contribution in [2.45, 2.75) is 52.2 Å². The van der Waals surface area contributed by atoms with E-state index < -0.39 is 11.6 Å². The second kappa shape index (κ2) is 5.23. The van der Waals surface area contributed by atoms with E-state index in [-0.39, 0.29) is 11.8 Å². The first-order valence-corrected chi connectivity index (χ1v) is 6.89. The third-order valence-electron chi connectivity index (χ3n) is 3.78. The Hall–Kier alpha value is -1.91. The fourth-order valence-corrected chi connectivity index (χ4v) is 2.52. The topological polar surface area (TPSA) is 62.3 Å². The molecule has 1 saturated heterocycles. The van der Waals surface area contributed by atoms with Crippen LogP contribution >= 0.6 is 0 Å². The van der Waals surface area contributed by atoms with Crippen LogP contribution in [0.1, 0.15) is 38.3 Å². The molecule has 1 unspecified atom stereocenters. The predicted molar refractivity (Wildman–Crippen MR) is 75.8 cm³/mol. The van der Waals surface area contributed by atoms with E-state index >= 15 is 0 Å². The van der Waals surface area contributed by atoms with E-state index in [2.05, 4.69) is 10.3 Å². The molecule has 1 aliphatic heterocycles. The van der Waals surface area contributed by atoms with Crippen molar-refractivity contribution in [2.24, 2.45) is 0 Å². The number of pyridine rings is 1. The van der Waals surface area contributed by atoms with Crippen molar-refractivity contribution < 1.29 is 9.59 Å². The molecule has 1 N–H and O–H groups in total. The highest BCUT2D eigenvalue weighted by atomic mass is 16.2. The largest absolute Gasteiger partial charge is 0.340 e. The van der Waals surface area contributed by atoms with Crippen molar-refractivity contribution in [3.05, 3.63) is 29.6 Å². The number of piperazine rings is 1. The number of carbonyl (C=O) groups excluding carboxylic acids is 2. The van der Waals surface area contributed by atoms with Gasteiger partial charge in [0, 0.05) is 18.9 Å². The monoisotopic (exact) mass is 275 g/mol. The summed E-state index contributed by atoms with van der Waals surface area (Å²) in [5, 5.41) is 2.79. The van der Waals surface area contributed by atoms with Gasteiger partial charge in [-0.25, -0.2) is 0 Å². The number of aryl methyl sites for hydroxylation is 1. The van der Waals surface area contributed by atoms with E-state index in [1.165, 1.54) is 0 Å². The first kappa shape index (κ1) is 14.5. The summed E-state index contributed by atoms with van der Waals surface area (Å²) in [6, 6.07) is 1.51. The lowest BCUT2D eigenvalue weighted by atomic mass is 9.95. The number of hydrogen-bond acceptors (Lipinski definition) is 3. The fourth-order valence-electron chi connectivity index (χ4n) is 2.52. The SMILES string of the molecule is CCC1C(=O)NC(C)(C)C(=O)N1Cc1cnccc1C. The first-order valence-electron chi connectivity index (χ1n) is 6.89. The number of rotatable bonds is 3. The van der Waals surface area contributed by atoms with Crippen molar-refractivity contribution in [3.8, 4) is 0 Å². The van der Waals surface area contributed by atoms with E-state index in [9.17, 15) is 9.59 Å². The Morgan fingerprint density at radius 3 is 2.70 bits per heavy atom. The molecular weight excluding hydrogens is 254 g/mol. The molecule has 108 valence electrons. The van der Waals surface area contributed by atoms with Gasteiger partial charge in [0.2, 0.25) is 11.8 Å². The van der Waals surface area contributed by atoms with Crippen molar-refractivity contribution in [1.29, 1.82) is 0 Å². The van der Waals surface area contributed by atoms with Gasteiger partial charge in [-0.1, -0.05) is 6.92 Å². The zero-order valence-electron chi connectivity index (χ0n) is 12.4. The van der Waals surface area contributed by atoms with Crippen LogP contribution in [0.25, 0.3) is 0 Å². The molecule has 2 amide bonds. The van der Waals surface area contributed by atoms with Gasteiger partial charge in [0.15, 0.2) is 0 Å². The summed E-state index contributed by atoms with van der Waals surface area (Å²) in [5.74, 6) is -0.133. The molecule has 0 bridgehead atoms. The summed E-state index contributed by atoms with van der Waals surface area (Å²) in [4.78, 5) is 30.5. The molecule has 1 fully saturated rings. The number of carbonyl (C=O) groups is 2. The minimum Gasteiger partial charge on any atom is -0.340 e. The van der Waals surface area contributed by atoms with E-state index in [1.807, 2.05) is 19.9 Å². The fraction of sp³-hybridized carbons (Fsp3) is 0.533. The summed E-state index contributed by atoms with van der Waals surface area (Å²) in [6.45, 7) is 7.80. The van der Waals surface area contributed by atoms with Gasteiger partial charge in [0.05, 0.1) is 0 Å². The van der Waals surface area contributed by atoms with Gasteiger partial charge < -0.3 is 10.2 Å². The number of nitrogens with zero attached hydrogens (tertiary/aromatic N) is 2. The van der Waals surface area contributed by atoms with E-state index in [4.69, 9.17) is 0 Å². The maximum atomic E-state index is 12.6. The van der Waals surface area contributed by atoms with Crippen LogP contribution in [-0.2, 0) is 16.1 Å². The second-order valence-electron chi connectivity index (χ2n) is 5.77. The van der Waals surface area contributed by atoms with Crippen LogP contribution in [0.15, 0.2) is 18.5 Å². The predicted octanol–water partition coefficient (Wildman–Crippen LogP) is 1.41. The third kappa shape index (κ3) is 2.53. The van der Waals surface area contributed by atoms with Gasteiger partial charge in [0.25, 0.3) is 0 Å². The Balaban J connectivity index is 2.33. The molecule has 0 saturated carbocycles. The van der Waals surface area contributed by atoms with E-state index in [0.717, 1.165) is 11.1 Å². The smallest absolute Gasteiger partial charge is 0.248 e. The van der Waals surface area contributed by atoms with Crippen LogP contribution in [0, 0.1) is 6.92 Å². The Labute approximate surface area is 119 Å². The number of aromatic nitrogens is 1. The van der Waals surface area contributed by atoms with Crippen LogP contribution in [0.4, 0.5) is 0 Å². The minimum absolute atomic E-state index is 0.0489. The summed E-state index contributed by atoms with van der Waals surface area (Å²) < 4.78 is 0. The van der Waals surface area contributed by atoms with E-state index in [1.54, 1.807) is 31.1 Å². The molecule has 0 aliphatic carbocycles. The Morgan fingerprint density at radius 1 is 1.40 bits per heavy atom. The zero-order chi connectivity index (χ0) is 14.9. The lowest BCUT2D eigenvalue weighted by molar-refractivity contribution is -0.154. The maximum absolute atomic E-state index is 12.6. The second-order valence-corrected chi connectivity index (χ2v) is 5.77. The molecule has 5 heteroatoms. The molecular formula is C15H21N3O2. The molecule has 20 heavy (non-hydrogen) atoms. The third-order valence-corrected chi connectivity index (χ3v) is 3.78. The summed E-state index contributed by atoms with van der Waals surface area (Å²) >= 11 is 0. The lowest BCUT2D eigenvalue weighted by Crippen LogP contribution is -2.67. The summed E-state index contributed by atoms with van der Waals surface area (Å²) in [5.41, 5.74) is 1.20. The number of nitrogens with one attached hydrogen (secondary N) is 1. The van der Waals surface area contributed by atoms with Gasteiger partial charge in [0.1, 0.15) is 11.6 Å². The van der Waals surface area contributed by atoms with Crippen molar-refractivity contribution in [1.82, 2.24) is 15.2 Å². The summed E-state index contributed by atoms with van der Waals surface area (Å²) in [7, 11) is 0. The van der Waals surface area contributed by atoms with Crippen molar-refractivity contribution >= 4 is 11.8 Å². The molecule has 1 aliphatic rings. The van der Waals surface area contributed by atoms with Gasteiger partial charge >= 0.3 is 0 Å². The molecule has 0 aromatic carbocycles. The van der Waals surface area contributed by atoms with Gasteiger partial charge in [-0.3, -0.25) is 14.6 Å². The molecule has 1 atom stereocenters. The van der Waals surface area contributed by atoms with Crippen LogP contribution in [-0.4, -0.2) is 33.3 Å². The Morgan fingerprint density at radius 2 is 2.10 bits per heavy atom. The molecule has 1 aromatic heterocycles. The van der Waals surface area contributed by atoms with E-state index in [0.29, 0.717) is 13.0 Å². The Bertz CT molecular complexity index is 540. The molecule has 1 aromatic rings. The van der Waals surface area contributed by atoms with Crippen molar-refractivity contribution in [3.63, 3.8) is 0 Å². The minimum atomic E-state index is -0.848. The molecule has 5 nitrogen and oxygen atoms in total. The molecule has 2 heterocycles. The molecule has 2 rings (SSSR count). The number of hydrogen-bond donors (Lipinski definition) is 1. The molecule has 0 spiro atoms. The van der Waals surface area contributed by atoms with Gasteiger partial charge in [-0.2, -0.15) is 0 Å². The zero-order valence-corrected chi connectivity index (χ0v) is 12.4. The lowest BCUT2D eigenvalue weighted by Gasteiger charge is -2.42. The highest BCUT2D eigenvalue weighted by molar-refractivity contribution is 5.99. The van der Waals surface area contributed by atoms with Crippen LogP contribution in [0.2, 0.25) is 0 Å². The first-order chi connectivity index (χ1) is 9.36. The molecule has 0 radical (unpaired) electrons. The van der Waals surface area contributed by atoms with Gasteiger partial charge in [-0.15, -0.1) is 0 Å². The summed E-state index contributed by atoms with van der Waals surface area (Å²) in [6.07, 6.45) is 4.09. The quantitative estimate of drug-likeness (QED) is 0.907. The standard InChI is InChI=1S/C15H21N3O2/c1-5-12-13(19)17-15(3,4)14(20)18(12)9-11-8-16-7-6-10(11)2/h6-8,12H,5,9H2,1-4H3,(H,17,19). The highest BCUT2D eigenvalue weighted by Gasteiger charge is 2.44. The van der Waals surface area contributed by atoms with Crippen LogP contribution in [0.3, 0.4) is 0 Å². The number of amides is 2. The normalized spacial score (nSPS) is 21.8. The van der Waals surface area contributed by atoms with Crippen LogP contribution < -0.4 is 5.32 Å².